The van der Waals surface area contributed by atoms with E-state index in [-0.39, 0.29) is 5.69 Å². The third-order valence-corrected chi connectivity index (χ3v) is 3.91. The lowest BCUT2D eigenvalue weighted by molar-refractivity contribution is -0.121. The minimum Gasteiger partial charge on any atom is -0.322 e. The minimum absolute atomic E-state index is 0.337. The average Bonchev–Trinajstić information content (AvgIpc) is 2.47. The lowest BCUT2D eigenvalue weighted by atomic mass is 9.99. The summed E-state index contributed by atoms with van der Waals surface area (Å²) in [5, 5.41) is 2.33. The molecule has 1 fully saturated rings. The molecular formula is C15H19F3N2O. The van der Waals surface area contributed by atoms with Gasteiger partial charge in [-0.3, -0.25) is 9.69 Å². The van der Waals surface area contributed by atoms with Crippen molar-refractivity contribution in [3.63, 3.8) is 0 Å². The highest BCUT2D eigenvalue weighted by Crippen LogP contribution is 2.21. The largest absolute Gasteiger partial charge is 0.322 e. The number of nitrogens with one attached hydrogen (secondary N) is 1. The summed E-state index contributed by atoms with van der Waals surface area (Å²) in [4.78, 5) is 14.1. The lowest BCUT2D eigenvalue weighted by Crippen LogP contribution is -2.46. The van der Waals surface area contributed by atoms with Crippen LogP contribution >= 0.6 is 0 Å². The molecule has 1 amide bonds. The summed E-state index contributed by atoms with van der Waals surface area (Å²) in [5.74, 6) is -4.14. The summed E-state index contributed by atoms with van der Waals surface area (Å²) in [7, 11) is 0. The van der Waals surface area contributed by atoms with Gasteiger partial charge in [0.05, 0.1) is 11.7 Å². The topological polar surface area (TPSA) is 32.3 Å². The molecule has 1 N–H and O–H groups in total. The molecule has 116 valence electrons. The van der Waals surface area contributed by atoms with E-state index in [1.54, 1.807) is 6.92 Å². The Kier molecular flexibility index (Phi) is 4.88. The molecule has 1 aromatic carbocycles. The summed E-state index contributed by atoms with van der Waals surface area (Å²) < 4.78 is 39.5. The molecular weight excluding hydrogens is 281 g/mol. The molecule has 0 saturated carbocycles. The molecule has 3 nitrogen and oxygen atoms in total. The molecule has 21 heavy (non-hydrogen) atoms. The first-order valence-corrected chi connectivity index (χ1v) is 7.08. The van der Waals surface area contributed by atoms with E-state index < -0.39 is 29.4 Å². The standard InChI is InChI=1S/C15H19F3N2O/c1-9-4-3-7-20(8-9)10(2)15(21)19-12-6-5-11(16)13(17)14(12)18/h5-6,9-10H,3-4,7-8H2,1-2H3,(H,19,21)/t9-,10-/m0/s1. The van der Waals surface area contributed by atoms with E-state index in [4.69, 9.17) is 0 Å². The van der Waals surface area contributed by atoms with Crippen LogP contribution in [-0.4, -0.2) is 29.9 Å². The molecule has 6 heteroatoms. The van der Waals surface area contributed by atoms with Gasteiger partial charge in [-0.05, 0) is 44.4 Å². The van der Waals surface area contributed by atoms with E-state index in [9.17, 15) is 18.0 Å². The van der Waals surface area contributed by atoms with Crippen LogP contribution in [0.3, 0.4) is 0 Å². The normalized spacial score (nSPS) is 21.1. The highest BCUT2D eigenvalue weighted by molar-refractivity contribution is 5.94. The van der Waals surface area contributed by atoms with Crippen molar-refractivity contribution >= 4 is 11.6 Å². The van der Waals surface area contributed by atoms with Crippen LogP contribution in [0, 0.1) is 23.4 Å². The van der Waals surface area contributed by atoms with Crippen LogP contribution in [0.5, 0.6) is 0 Å². The van der Waals surface area contributed by atoms with Gasteiger partial charge in [-0.1, -0.05) is 6.92 Å². The van der Waals surface area contributed by atoms with Crippen molar-refractivity contribution in [1.82, 2.24) is 4.90 Å². The molecule has 1 aromatic rings. The molecule has 0 unspecified atom stereocenters. The minimum atomic E-state index is -1.58. The Morgan fingerprint density at radius 3 is 2.71 bits per heavy atom. The quantitative estimate of drug-likeness (QED) is 0.870. The van der Waals surface area contributed by atoms with E-state index in [0.717, 1.165) is 38.1 Å². The van der Waals surface area contributed by atoms with E-state index >= 15 is 0 Å². The fraction of sp³-hybridized carbons (Fsp3) is 0.533. The highest BCUT2D eigenvalue weighted by Gasteiger charge is 2.26. The summed E-state index contributed by atoms with van der Waals surface area (Å²) >= 11 is 0. The molecule has 1 saturated heterocycles. The maximum absolute atomic E-state index is 13.5. The first-order chi connectivity index (χ1) is 9.90. The second kappa shape index (κ2) is 6.47. The lowest BCUT2D eigenvalue weighted by Gasteiger charge is -2.34. The van der Waals surface area contributed by atoms with E-state index in [1.807, 2.05) is 4.90 Å². The molecule has 2 rings (SSSR count). The molecule has 1 aliphatic heterocycles. The van der Waals surface area contributed by atoms with Crippen molar-refractivity contribution < 1.29 is 18.0 Å². The van der Waals surface area contributed by atoms with Crippen LogP contribution in [0.2, 0.25) is 0 Å². The summed E-state index contributed by atoms with van der Waals surface area (Å²) in [6.07, 6.45) is 2.14. The number of likely N-dealkylation sites (tertiary alicyclic amines) is 1. The number of anilines is 1. The van der Waals surface area contributed by atoms with Crippen molar-refractivity contribution in [1.29, 1.82) is 0 Å². The Morgan fingerprint density at radius 1 is 1.33 bits per heavy atom. The van der Waals surface area contributed by atoms with Gasteiger partial charge in [0.1, 0.15) is 0 Å². The molecule has 0 spiro atoms. The SMILES string of the molecule is C[C@H]1CCCN([C@@H](C)C(=O)Nc2ccc(F)c(F)c2F)C1. The average molecular weight is 300 g/mol. The number of piperidine rings is 1. The van der Waals surface area contributed by atoms with Gasteiger partial charge < -0.3 is 5.32 Å². The fourth-order valence-electron chi connectivity index (χ4n) is 2.60. The van der Waals surface area contributed by atoms with Crippen molar-refractivity contribution in [2.45, 2.75) is 32.7 Å². The number of nitrogens with zero attached hydrogens (tertiary/aromatic N) is 1. The number of carbonyl (C=O) groups excluding carboxylic acids is 1. The first-order valence-electron chi connectivity index (χ1n) is 7.08. The zero-order valence-corrected chi connectivity index (χ0v) is 12.1. The maximum Gasteiger partial charge on any atom is 0.241 e. The number of carbonyl (C=O) groups is 1. The van der Waals surface area contributed by atoms with Gasteiger partial charge in [-0.25, -0.2) is 13.2 Å². The number of halogens is 3. The molecule has 0 radical (unpaired) electrons. The van der Waals surface area contributed by atoms with Gasteiger partial charge in [-0.2, -0.15) is 0 Å². The van der Waals surface area contributed by atoms with Gasteiger partial charge in [0.15, 0.2) is 17.5 Å². The van der Waals surface area contributed by atoms with E-state index in [2.05, 4.69) is 12.2 Å². The number of hydrogen-bond acceptors (Lipinski definition) is 2. The monoisotopic (exact) mass is 300 g/mol. The predicted octanol–water partition coefficient (Wildman–Crippen LogP) is 3.16. The van der Waals surface area contributed by atoms with Gasteiger partial charge in [0, 0.05) is 6.54 Å². The number of amides is 1. The summed E-state index contributed by atoms with van der Waals surface area (Å²) in [6, 6.07) is 1.37. The van der Waals surface area contributed by atoms with Crippen LogP contribution in [0.25, 0.3) is 0 Å². The van der Waals surface area contributed by atoms with E-state index in [1.165, 1.54) is 0 Å². The first kappa shape index (κ1) is 15.8. The van der Waals surface area contributed by atoms with Crippen LogP contribution in [0.15, 0.2) is 12.1 Å². The van der Waals surface area contributed by atoms with Gasteiger partial charge in [-0.15, -0.1) is 0 Å². The zero-order chi connectivity index (χ0) is 15.6. The highest BCUT2D eigenvalue weighted by atomic mass is 19.2. The maximum atomic E-state index is 13.5. The molecule has 0 aromatic heterocycles. The smallest absolute Gasteiger partial charge is 0.241 e. The summed E-state index contributed by atoms with van der Waals surface area (Å²) in [6.45, 7) is 5.45. The summed E-state index contributed by atoms with van der Waals surface area (Å²) in [5.41, 5.74) is -0.337. The van der Waals surface area contributed by atoms with Gasteiger partial charge in [0.25, 0.3) is 0 Å². The third kappa shape index (κ3) is 3.56. The van der Waals surface area contributed by atoms with Gasteiger partial charge >= 0.3 is 0 Å². The molecule has 1 aliphatic rings. The molecule has 1 heterocycles. The molecule has 0 bridgehead atoms. The van der Waals surface area contributed by atoms with Gasteiger partial charge in [0.2, 0.25) is 5.91 Å². The van der Waals surface area contributed by atoms with Crippen molar-refractivity contribution in [3.8, 4) is 0 Å². The van der Waals surface area contributed by atoms with Crippen molar-refractivity contribution in [2.75, 3.05) is 18.4 Å². The second-order valence-electron chi connectivity index (χ2n) is 5.63. The van der Waals surface area contributed by atoms with Crippen LogP contribution in [-0.2, 0) is 4.79 Å². The fourth-order valence-corrected chi connectivity index (χ4v) is 2.60. The van der Waals surface area contributed by atoms with E-state index in [0.29, 0.717) is 5.92 Å². The van der Waals surface area contributed by atoms with Crippen molar-refractivity contribution in [2.24, 2.45) is 5.92 Å². The Hall–Kier alpha value is -1.56. The number of benzene rings is 1. The predicted molar refractivity (Wildman–Crippen MR) is 74.4 cm³/mol. The second-order valence-corrected chi connectivity index (χ2v) is 5.63. The Labute approximate surface area is 122 Å². The van der Waals surface area contributed by atoms with Crippen LogP contribution in [0.1, 0.15) is 26.7 Å². The third-order valence-electron chi connectivity index (χ3n) is 3.91. The number of rotatable bonds is 3. The van der Waals surface area contributed by atoms with Crippen LogP contribution < -0.4 is 5.32 Å². The molecule has 0 aliphatic carbocycles. The Balaban J connectivity index is 2.05. The Morgan fingerprint density at radius 2 is 2.05 bits per heavy atom. The molecule has 2 atom stereocenters. The number of hydrogen-bond donors (Lipinski definition) is 1. The Bertz CT molecular complexity index is 536. The van der Waals surface area contributed by atoms with Crippen molar-refractivity contribution in [3.05, 3.63) is 29.6 Å². The van der Waals surface area contributed by atoms with Crippen LogP contribution in [0.4, 0.5) is 18.9 Å². The zero-order valence-electron chi connectivity index (χ0n) is 12.1.